The summed E-state index contributed by atoms with van der Waals surface area (Å²) in [6.45, 7) is 1.96. The van der Waals surface area contributed by atoms with Crippen LogP contribution in [0.25, 0.3) is 11.3 Å². The largest absolute Gasteiger partial charge is 0.345 e. The van der Waals surface area contributed by atoms with Gasteiger partial charge >= 0.3 is 5.69 Å². The second kappa shape index (κ2) is 6.50. The third-order valence-corrected chi connectivity index (χ3v) is 2.65. The van der Waals surface area contributed by atoms with Crippen molar-refractivity contribution in [3.63, 3.8) is 0 Å². The Labute approximate surface area is 112 Å². The van der Waals surface area contributed by atoms with Gasteiger partial charge in [-0.15, -0.1) is 0 Å². The minimum Gasteiger partial charge on any atom is -0.309 e. The van der Waals surface area contributed by atoms with E-state index < -0.39 is 0 Å². The summed E-state index contributed by atoms with van der Waals surface area (Å²) in [5, 5.41) is 0. The molecule has 1 aromatic carbocycles. The lowest BCUT2D eigenvalue weighted by atomic mass is 10.1. The molecule has 96 valence electrons. The summed E-state index contributed by atoms with van der Waals surface area (Å²) in [6.07, 6.45) is 8.56. The highest BCUT2D eigenvalue weighted by Gasteiger charge is 2.02. The molecule has 3 nitrogen and oxygen atoms in total. The second-order valence-electron chi connectivity index (χ2n) is 4.12. The van der Waals surface area contributed by atoms with Crippen LogP contribution in [0.1, 0.15) is 12.6 Å². The summed E-state index contributed by atoms with van der Waals surface area (Å²) in [5.41, 5.74) is 2.21. The van der Waals surface area contributed by atoms with Crippen LogP contribution in [0.15, 0.2) is 65.5 Å². The first-order chi connectivity index (χ1) is 9.29. The Morgan fingerprint density at radius 1 is 1.21 bits per heavy atom. The van der Waals surface area contributed by atoms with E-state index >= 15 is 0 Å². The number of nitrogens with one attached hydrogen (secondary N) is 1. The van der Waals surface area contributed by atoms with E-state index in [1.807, 2.05) is 67.6 Å². The first kappa shape index (κ1) is 13.0. The van der Waals surface area contributed by atoms with Gasteiger partial charge in [0.1, 0.15) is 0 Å². The van der Waals surface area contributed by atoms with Gasteiger partial charge in [0, 0.05) is 17.7 Å². The van der Waals surface area contributed by atoms with Gasteiger partial charge in [0.15, 0.2) is 0 Å². The van der Waals surface area contributed by atoms with Crippen molar-refractivity contribution < 1.29 is 0 Å². The Balaban J connectivity index is 2.28. The summed E-state index contributed by atoms with van der Waals surface area (Å²) < 4.78 is 0. The van der Waals surface area contributed by atoms with Crippen molar-refractivity contribution in [2.24, 2.45) is 0 Å². The molecule has 0 aliphatic rings. The van der Waals surface area contributed by atoms with Crippen molar-refractivity contribution in [1.82, 2.24) is 9.97 Å². The number of aromatic amines is 1. The second-order valence-corrected chi connectivity index (χ2v) is 4.12. The molecule has 1 aromatic heterocycles. The average Bonchev–Trinajstić information content (AvgIpc) is 2.44. The van der Waals surface area contributed by atoms with Crippen LogP contribution in [-0.4, -0.2) is 9.97 Å². The summed E-state index contributed by atoms with van der Waals surface area (Å²) in [6, 6.07) is 11.6. The molecule has 0 amide bonds. The van der Waals surface area contributed by atoms with Crippen molar-refractivity contribution >= 4 is 0 Å². The predicted octanol–water partition coefficient (Wildman–Crippen LogP) is 3.11. The fourth-order valence-corrected chi connectivity index (χ4v) is 1.76. The first-order valence-electron chi connectivity index (χ1n) is 6.23. The third kappa shape index (κ3) is 3.78. The normalized spacial score (nSPS) is 11.4. The van der Waals surface area contributed by atoms with Gasteiger partial charge in [-0.25, -0.2) is 4.79 Å². The summed E-state index contributed by atoms with van der Waals surface area (Å²) in [7, 11) is 0. The van der Waals surface area contributed by atoms with Gasteiger partial charge in [-0.1, -0.05) is 54.6 Å². The molecule has 0 bridgehead atoms. The summed E-state index contributed by atoms with van der Waals surface area (Å²) in [4.78, 5) is 18.3. The van der Waals surface area contributed by atoms with Crippen LogP contribution >= 0.6 is 0 Å². The lowest BCUT2D eigenvalue weighted by Crippen LogP contribution is -2.13. The highest BCUT2D eigenvalue weighted by molar-refractivity contribution is 5.58. The minimum atomic E-state index is -0.309. The zero-order chi connectivity index (χ0) is 13.5. The third-order valence-electron chi connectivity index (χ3n) is 2.65. The molecule has 2 rings (SSSR count). The summed E-state index contributed by atoms with van der Waals surface area (Å²) >= 11 is 0. The molecule has 2 aromatic rings. The molecule has 19 heavy (non-hydrogen) atoms. The van der Waals surface area contributed by atoms with E-state index in [2.05, 4.69) is 9.97 Å². The number of H-pyrrole nitrogens is 1. The molecular formula is C16H16N2O. The van der Waals surface area contributed by atoms with Crippen LogP contribution < -0.4 is 5.69 Å². The van der Waals surface area contributed by atoms with E-state index in [1.165, 1.54) is 0 Å². The molecule has 1 heterocycles. The monoisotopic (exact) mass is 252 g/mol. The average molecular weight is 252 g/mol. The van der Waals surface area contributed by atoms with Gasteiger partial charge in [-0.3, -0.25) is 0 Å². The smallest absolute Gasteiger partial charge is 0.309 e. The van der Waals surface area contributed by atoms with E-state index in [-0.39, 0.29) is 5.69 Å². The Kier molecular flexibility index (Phi) is 4.45. The van der Waals surface area contributed by atoms with E-state index in [0.717, 1.165) is 11.3 Å². The lowest BCUT2D eigenvalue weighted by Gasteiger charge is -2.02. The molecule has 0 unspecified atom stereocenters. The highest BCUT2D eigenvalue weighted by atomic mass is 16.1. The Morgan fingerprint density at radius 3 is 2.74 bits per heavy atom. The summed E-state index contributed by atoms with van der Waals surface area (Å²) in [5.74, 6) is 0. The van der Waals surface area contributed by atoms with E-state index in [0.29, 0.717) is 12.1 Å². The van der Waals surface area contributed by atoms with Crippen molar-refractivity contribution in [3.05, 3.63) is 76.9 Å². The van der Waals surface area contributed by atoms with Crippen LogP contribution in [0.4, 0.5) is 0 Å². The quantitative estimate of drug-likeness (QED) is 0.850. The Bertz CT molecular complexity index is 639. The topological polar surface area (TPSA) is 45.8 Å². The van der Waals surface area contributed by atoms with Gasteiger partial charge in [0.2, 0.25) is 0 Å². The molecule has 1 N–H and O–H groups in total. The SMILES string of the molecule is C/C=C\C=C/Cc1cc(-c2ccccc2)nc(=O)[nH]1. The van der Waals surface area contributed by atoms with Gasteiger partial charge < -0.3 is 4.98 Å². The number of hydrogen-bond acceptors (Lipinski definition) is 2. The van der Waals surface area contributed by atoms with Crippen molar-refractivity contribution in [3.8, 4) is 11.3 Å². The predicted molar refractivity (Wildman–Crippen MR) is 78.0 cm³/mol. The van der Waals surface area contributed by atoms with E-state index in [1.54, 1.807) is 0 Å². The van der Waals surface area contributed by atoms with Crippen molar-refractivity contribution in [1.29, 1.82) is 0 Å². The molecule has 0 spiro atoms. The zero-order valence-corrected chi connectivity index (χ0v) is 10.8. The van der Waals surface area contributed by atoms with Crippen LogP contribution in [0.2, 0.25) is 0 Å². The Hall–Kier alpha value is -2.42. The number of rotatable bonds is 4. The van der Waals surface area contributed by atoms with Crippen LogP contribution in [0.5, 0.6) is 0 Å². The van der Waals surface area contributed by atoms with Crippen LogP contribution in [0.3, 0.4) is 0 Å². The molecule has 0 radical (unpaired) electrons. The Morgan fingerprint density at radius 2 is 2.00 bits per heavy atom. The van der Waals surface area contributed by atoms with Crippen molar-refractivity contribution in [2.45, 2.75) is 13.3 Å². The minimum absolute atomic E-state index is 0.309. The first-order valence-corrected chi connectivity index (χ1v) is 6.23. The van der Waals surface area contributed by atoms with Crippen LogP contribution in [0, 0.1) is 0 Å². The van der Waals surface area contributed by atoms with Crippen molar-refractivity contribution in [2.75, 3.05) is 0 Å². The van der Waals surface area contributed by atoms with Gasteiger partial charge in [0.25, 0.3) is 0 Å². The molecule has 0 saturated carbocycles. The van der Waals surface area contributed by atoms with E-state index in [4.69, 9.17) is 0 Å². The number of aromatic nitrogens is 2. The zero-order valence-electron chi connectivity index (χ0n) is 10.8. The number of benzene rings is 1. The fourth-order valence-electron chi connectivity index (χ4n) is 1.76. The van der Waals surface area contributed by atoms with E-state index in [9.17, 15) is 4.79 Å². The fraction of sp³-hybridized carbons (Fsp3) is 0.125. The van der Waals surface area contributed by atoms with Gasteiger partial charge in [-0.2, -0.15) is 4.98 Å². The molecule has 0 aliphatic carbocycles. The maximum absolute atomic E-state index is 11.6. The molecule has 0 fully saturated rings. The number of nitrogens with zero attached hydrogens (tertiary/aromatic N) is 1. The van der Waals surface area contributed by atoms with Crippen LogP contribution in [-0.2, 0) is 6.42 Å². The molecule has 0 saturated heterocycles. The lowest BCUT2D eigenvalue weighted by molar-refractivity contribution is 0.996. The highest BCUT2D eigenvalue weighted by Crippen LogP contribution is 2.15. The molecule has 0 atom stereocenters. The molecular weight excluding hydrogens is 236 g/mol. The maximum Gasteiger partial charge on any atom is 0.345 e. The van der Waals surface area contributed by atoms with Gasteiger partial charge in [0.05, 0.1) is 5.69 Å². The van der Waals surface area contributed by atoms with Gasteiger partial charge in [-0.05, 0) is 13.0 Å². The number of allylic oxidation sites excluding steroid dienone is 4. The standard InChI is InChI=1S/C16H16N2O/c1-2-3-4-8-11-14-12-15(18-16(19)17-14)13-9-6-5-7-10-13/h2-10,12H,11H2,1H3,(H,17,18,19)/b3-2-,8-4-. The maximum atomic E-state index is 11.6. The number of hydrogen-bond donors (Lipinski definition) is 1. The molecule has 3 heteroatoms. The molecule has 0 aliphatic heterocycles.